The standard InChI is InChI=1S/C21H31N7.HI/c1-16-23-10-12-28(16)20-8-7-17(13-24-20)14-25-21(22-2)26-18-9-11-27(15-18)19-5-3-4-6-19;/h7-8,10,12-13,18-19H,3-6,9,11,14-15H2,1-2H3,(H2,22,25,26);1H. The van der Waals surface area contributed by atoms with Gasteiger partial charge in [0, 0.05) is 57.4 Å². The number of aromatic nitrogens is 3. The van der Waals surface area contributed by atoms with Crippen molar-refractivity contribution in [3.8, 4) is 5.82 Å². The normalized spacial score (nSPS) is 20.6. The molecule has 0 amide bonds. The fourth-order valence-corrected chi connectivity index (χ4v) is 4.36. The summed E-state index contributed by atoms with van der Waals surface area (Å²) < 4.78 is 1.98. The summed E-state index contributed by atoms with van der Waals surface area (Å²) in [6.07, 6.45) is 12.4. The van der Waals surface area contributed by atoms with E-state index in [0.717, 1.165) is 35.8 Å². The number of likely N-dealkylation sites (tertiary alicyclic amines) is 1. The minimum Gasteiger partial charge on any atom is -0.352 e. The molecule has 1 aliphatic carbocycles. The smallest absolute Gasteiger partial charge is 0.191 e. The first-order chi connectivity index (χ1) is 13.7. The van der Waals surface area contributed by atoms with Gasteiger partial charge in [0.05, 0.1) is 0 Å². The zero-order chi connectivity index (χ0) is 19.3. The van der Waals surface area contributed by atoms with Crippen LogP contribution in [0.15, 0.2) is 35.7 Å². The van der Waals surface area contributed by atoms with Crippen molar-refractivity contribution in [3.05, 3.63) is 42.1 Å². The van der Waals surface area contributed by atoms with Crippen LogP contribution >= 0.6 is 24.0 Å². The van der Waals surface area contributed by atoms with Crippen LogP contribution in [-0.2, 0) is 6.54 Å². The van der Waals surface area contributed by atoms with Crippen molar-refractivity contribution in [2.45, 2.75) is 57.7 Å². The molecule has 7 nitrogen and oxygen atoms in total. The Hall–Kier alpha value is -1.68. The van der Waals surface area contributed by atoms with Crippen molar-refractivity contribution in [3.63, 3.8) is 0 Å². The summed E-state index contributed by atoms with van der Waals surface area (Å²) in [5.74, 6) is 2.69. The van der Waals surface area contributed by atoms with Gasteiger partial charge in [-0.2, -0.15) is 0 Å². The molecule has 2 N–H and O–H groups in total. The molecule has 0 spiro atoms. The maximum Gasteiger partial charge on any atom is 0.191 e. The highest BCUT2D eigenvalue weighted by Crippen LogP contribution is 2.26. The van der Waals surface area contributed by atoms with E-state index in [4.69, 9.17) is 0 Å². The van der Waals surface area contributed by atoms with E-state index >= 15 is 0 Å². The van der Waals surface area contributed by atoms with Crippen molar-refractivity contribution >= 4 is 29.9 Å². The number of halogens is 1. The molecule has 1 atom stereocenters. The Kier molecular flexibility index (Phi) is 7.88. The van der Waals surface area contributed by atoms with Crippen molar-refractivity contribution in [1.29, 1.82) is 0 Å². The molecule has 2 fully saturated rings. The molecule has 2 aromatic heterocycles. The summed E-state index contributed by atoms with van der Waals surface area (Å²) >= 11 is 0. The topological polar surface area (TPSA) is 70.4 Å². The number of guanidine groups is 1. The summed E-state index contributed by atoms with van der Waals surface area (Å²) in [5.41, 5.74) is 1.13. The highest BCUT2D eigenvalue weighted by molar-refractivity contribution is 14.0. The number of pyridine rings is 1. The number of rotatable bonds is 5. The van der Waals surface area contributed by atoms with E-state index < -0.39 is 0 Å². The third-order valence-corrected chi connectivity index (χ3v) is 5.97. The highest BCUT2D eigenvalue weighted by Gasteiger charge is 2.30. The second-order valence-electron chi connectivity index (χ2n) is 7.86. The van der Waals surface area contributed by atoms with Crippen molar-refractivity contribution in [2.24, 2.45) is 4.99 Å². The number of hydrogen-bond donors (Lipinski definition) is 2. The Morgan fingerprint density at radius 2 is 2.03 bits per heavy atom. The van der Waals surface area contributed by atoms with E-state index in [1.165, 1.54) is 38.6 Å². The molecule has 1 saturated heterocycles. The summed E-state index contributed by atoms with van der Waals surface area (Å²) in [7, 11) is 1.84. The number of nitrogens with one attached hydrogen (secondary N) is 2. The lowest BCUT2D eigenvalue weighted by molar-refractivity contribution is 0.242. The van der Waals surface area contributed by atoms with E-state index in [9.17, 15) is 0 Å². The lowest BCUT2D eigenvalue weighted by atomic mass is 10.2. The van der Waals surface area contributed by atoms with Crippen LogP contribution in [0.1, 0.15) is 43.5 Å². The van der Waals surface area contributed by atoms with Gasteiger partial charge in [0.15, 0.2) is 5.96 Å². The van der Waals surface area contributed by atoms with Gasteiger partial charge in [-0.05, 0) is 37.8 Å². The molecule has 0 bridgehead atoms. The summed E-state index contributed by atoms with van der Waals surface area (Å²) in [5, 5.41) is 7.02. The first-order valence-corrected chi connectivity index (χ1v) is 10.4. The molecule has 29 heavy (non-hydrogen) atoms. The second-order valence-corrected chi connectivity index (χ2v) is 7.86. The number of aliphatic imine (C=N–C) groups is 1. The van der Waals surface area contributed by atoms with Crippen molar-refractivity contribution in [1.82, 2.24) is 30.1 Å². The Bertz CT molecular complexity index is 796. The number of hydrogen-bond acceptors (Lipinski definition) is 4. The molecular formula is C21H32IN7. The first-order valence-electron chi connectivity index (χ1n) is 10.4. The summed E-state index contributed by atoms with van der Waals surface area (Å²) in [4.78, 5) is 15.9. The number of nitrogens with zero attached hydrogens (tertiary/aromatic N) is 5. The lowest BCUT2D eigenvalue weighted by Crippen LogP contribution is -2.45. The predicted molar refractivity (Wildman–Crippen MR) is 127 cm³/mol. The molecule has 1 saturated carbocycles. The first kappa shape index (κ1) is 22.0. The highest BCUT2D eigenvalue weighted by atomic mass is 127. The van der Waals surface area contributed by atoms with Gasteiger partial charge < -0.3 is 10.6 Å². The number of imidazole rings is 1. The van der Waals surface area contributed by atoms with Crippen LogP contribution in [0, 0.1) is 6.92 Å². The molecule has 1 unspecified atom stereocenters. The maximum absolute atomic E-state index is 4.56. The lowest BCUT2D eigenvalue weighted by Gasteiger charge is -2.24. The van der Waals surface area contributed by atoms with Crippen LogP contribution in [0.5, 0.6) is 0 Å². The summed E-state index contributed by atoms with van der Waals surface area (Å²) in [6, 6.07) is 5.42. The molecule has 8 heteroatoms. The Morgan fingerprint density at radius 3 is 2.69 bits per heavy atom. The molecule has 158 valence electrons. The van der Waals surface area contributed by atoms with Crippen LogP contribution in [0.4, 0.5) is 0 Å². The van der Waals surface area contributed by atoms with Gasteiger partial charge in [-0.25, -0.2) is 9.97 Å². The third-order valence-electron chi connectivity index (χ3n) is 5.97. The third kappa shape index (κ3) is 5.48. The Morgan fingerprint density at radius 1 is 1.21 bits per heavy atom. The van der Waals surface area contributed by atoms with Gasteiger partial charge in [0.25, 0.3) is 0 Å². The van der Waals surface area contributed by atoms with Gasteiger partial charge in [-0.3, -0.25) is 14.5 Å². The quantitative estimate of drug-likeness (QED) is 0.369. The van der Waals surface area contributed by atoms with E-state index in [-0.39, 0.29) is 24.0 Å². The van der Waals surface area contributed by atoms with E-state index in [1.54, 1.807) is 6.20 Å². The molecule has 4 rings (SSSR count). The molecule has 0 radical (unpaired) electrons. The largest absolute Gasteiger partial charge is 0.352 e. The van der Waals surface area contributed by atoms with E-state index in [1.807, 2.05) is 37.0 Å². The molecule has 3 heterocycles. The van der Waals surface area contributed by atoms with Crippen molar-refractivity contribution < 1.29 is 0 Å². The zero-order valence-corrected chi connectivity index (χ0v) is 19.7. The van der Waals surface area contributed by atoms with Gasteiger partial charge in [0.1, 0.15) is 11.6 Å². The SMILES string of the molecule is CN=C(NCc1ccc(-n2ccnc2C)nc1)NC1CCN(C2CCCC2)C1.I. The molecule has 0 aromatic carbocycles. The average Bonchev–Trinajstić information content (AvgIpc) is 3.47. The van der Waals surface area contributed by atoms with Crippen LogP contribution < -0.4 is 10.6 Å². The molecular weight excluding hydrogens is 477 g/mol. The van der Waals surface area contributed by atoms with Gasteiger partial charge in [-0.15, -0.1) is 24.0 Å². The molecule has 1 aliphatic heterocycles. The van der Waals surface area contributed by atoms with E-state index in [2.05, 4.69) is 36.6 Å². The van der Waals surface area contributed by atoms with Gasteiger partial charge in [-0.1, -0.05) is 18.9 Å². The Labute approximate surface area is 190 Å². The van der Waals surface area contributed by atoms with Crippen LogP contribution in [0.25, 0.3) is 5.82 Å². The molecule has 2 aliphatic rings. The fourth-order valence-electron chi connectivity index (χ4n) is 4.36. The second kappa shape index (κ2) is 10.4. The van der Waals surface area contributed by atoms with Crippen LogP contribution in [-0.4, -0.2) is 57.6 Å². The van der Waals surface area contributed by atoms with Crippen molar-refractivity contribution in [2.75, 3.05) is 20.1 Å². The van der Waals surface area contributed by atoms with Gasteiger partial charge >= 0.3 is 0 Å². The molecule has 2 aromatic rings. The fraction of sp³-hybridized carbons (Fsp3) is 0.571. The van der Waals surface area contributed by atoms with Gasteiger partial charge in [0.2, 0.25) is 0 Å². The minimum atomic E-state index is 0. The maximum atomic E-state index is 4.56. The predicted octanol–water partition coefficient (Wildman–Crippen LogP) is 2.88. The van der Waals surface area contributed by atoms with E-state index in [0.29, 0.717) is 12.6 Å². The van der Waals surface area contributed by atoms with Crippen LogP contribution in [0.2, 0.25) is 0 Å². The Balaban J connectivity index is 0.00000240. The summed E-state index contributed by atoms with van der Waals surface area (Å²) in [6.45, 7) is 5.02. The number of aryl methyl sites for hydroxylation is 1. The minimum absolute atomic E-state index is 0. The average molecular weight is 509 g/mol. The van der Waals surface area contributed by atoms with Crippen LogP contribution in [0.3, 0.4) is 0 Å². The monoisotopic (exact) mass is 509 g/mol. The zero-order valence-electron chi connectivity index (χ0n) is 17.3.